The van der Waals surface area contributed by atoms with E-state index in [9.17, 15) is 12.8 Å². The van der Waals surface area contributed by atoms with Crippen molar-refractivity contribution in [2.45, 2.75) is 23.8 Å². The van der Waals surface area contributed by atoms with E-state index in [0.29, 0.717) is 13.0 Å². The molecule has 0 amide bonds. The summed E-state index contributed by atoms with van der Waals surface area (Å²) >= 11 is 0. The van der Waals surface area contributed by atoms with E-state index < -0.39 is 15.8 Å². The van der Waals surface area contributed by atoms with Crippen molar-refractivity contribution < 1.29 is 17.5 Å². The lowest BCUT2D eigenvalue weighted by molar-refractivity contribution is 0.250. The maximum absolute atomic E-state index is 14.1. The smallest absolute Gasteiger partial charge is 0.246 e. The molecule has 1 fully saturated rings. The topological polar surface area (TPSA) is 77.3 Å². The van der Waals surface area contributed by atoms with Gasteiger partial charge in [-0.15, -0.1) is 5.10 Å². The van der Waals surface area contributed by atoms with Gasteiger partial charge in [0.25, 0.3) is 0 Å². The fourth-order valence-electron chi connectivity index (χ4n) is 2.72. The molecule has 1 unspecified atom stereocenters. The van der Waals surface area contributed by atoms with Crippen LogP contribution in [0.15, 0.2) is 35.5 Å². The minimum atomic E-state index is -3.90. The Labute approximate surface area is 133 Å². The Balaban J connectivity index is 1.87. The average molecular weight is 340 g/mol. The summed E-state index contributed by atoms with van der Waals surface area (Å²) in [7, 11) is -2.50. The molecule has 1 saturated heterocycles. The predicted molar refractivity (Wildman–Crippen MR) is 80.0 cm³/mol. The number of piperidine rings is 1. The Morgan fingerprint density at radius 2 is 2.22 bits per heavy atom. The number of sulfonamides is 1. The summed E-state index contributed by atoms with van der Waals surface area (Å²) in [5.74, 6) is -0.534. The van der Waals surface area contributed by atoms with Crippen LogP contribution in [0.1, 0.15) is 18.9 Å². The van der Waals surface area contributed by atoms with Crippen LogP contribution in [0.4, 0.5) is 4.39 Å². The number of ether oxygens (including phenoxy) is 1. The van der Waals surface area contributed by atoms with E-state index in [1.807, 2.05) is 0 Å². The van der Waals surface area contributed by atoms with Crippen molar-refractivity contribution in [3.05, 3.63) is 36.4 Å². The summed E-state index contributed by atoms with van der Waals surface area (Å²) in [5, 5.41) is 7.67. The highest BCUT2D eigenvalue weighted by Gasteiger charge is 2.33. The molecule has 124 valence electrons. The van der Waals surface area contributed by atoms with E-state index in [1.54, 1.807) is 17.1 Å². The van der Waals surface area contributed by atoms with Gasteiger partial charge in [-0.3, -0.25) is 0 Å². The average Bonchev–Trinajstić information content (AvgIpc) is 3.09. The van der Waals surface area contributed by atoms with Crippen LogP contribution in [0, 0.1) is 5.82 Å². The van der Waals surface area contributed by atoms with Gasteiger partial charge in [0.05, 0.1) is 19.3 Å². The summed E-state index contributed by atoms with van der Waals surface area (Å²) in [6, 6.07) is 3.66. The van der Waals surface area contributed by atoms with Crippen molar-refractivity contribution in [1.82, 2.24) is 19.3 Å². The largest absolute Gasteiger partial charge is 0.497 e. The van der Waals surface area contributed by atoms with E-state index in [-0.39, 0.29) is 23.2 Å². The first kappa shape index (κ1) is 15.9. The van der Waals surface area contributed by atoms with Gasteiger partial charge in [-0.25, -0.2) is 17.5 Å². The minimum absolute atomic E-state index is 0.0951. The second-order valence-electron chi connectivity index (χ2n) is 5.34. The molecule has 2 heterocycles. The Morgan fingerprint density at radius 3 is 2.87 bits per heavy atom. The van der Waals surface area contributed by atoms with Gasteiger partial charge in [-0.2, -0.15) is 4.31 Å². The van der Waals surface area contributed by atoms with E-state index in [1.165, 1.54) is 23.5 Å². The van der Waals surface area contributed by atoms with E-state index in [4.69, 9.17) is 4.74 Å². The SMILES string of the molecule is COc1ccc(S(=O)(=O)N2CCCC(n3ccnn3)C2)c(F)c1. The van der Waals surface area contributed by atoms with Crippen LogP contribution in [-0.4, -0.2) is 47.9 Å². The number of hydrogen-bond acceptors (Lipinski definition) is 5. The number of halogens is 1. The number of hydrogen-bond donors (Lipinski definition) is 0. The first-order valence-electron chi connectivity index (χ1n) is 7.22. The lowest BCUT2D eigenvalue weighted by Gasteiger charge is -2.31. The molecule has 2 aromatic rings. The predicted octanol–water partition coefficient (Wildman–Crippen LogP) is 1.45. The van der Waals surface area contributed by atoms with Gasteiger partial charge in [0.15, 0.2) is 0 Å². The number of methoxy groups -OCH3 is 1. The molecule has 0 radical (unpaired) electrons. The van der Waals surface area contributed by atoms with E-state index >= 15 is 0 Å². The molecule has 0 spiro atoms. The maximum Gasteiger partial charge on any atom is 0.246 e. The number of aromatic nitrogens is 3. The van der Waals surface area contributed by atoms with Gasteiger partial charge < -0.3 is 4.74 Å². The molecule has 1 aliphatic heterocycles. The van der Waals surface area contributed by atoms with E-state index in [0.717, 1.165) is 12.5 Å². The van der Waals surface area contributed by atoms with Gasteiger partial charge in [0.1, 0.15) is 16.5 Å². The third-order valence-electron chi connectivity index (χ3n) is 3.93. The van der Waals surface area contributed by atoms with Crippen LogP contribution in [0.5, 0.6) is 5.75 Å². The normalized spacial score (nSPS) is 19.7. The zero-order valence-electron chi connectivity index (χ0n) is 12.6. The lowest BCUT2D eigenvalue weighted by Crippen LogP contribution is -2.41. The fourth-order valence-corrected chi connectivity index (χ4v) is 4.29. The quantitative estimate of drug-likeness (QED) is 0.842. The van der Waals surface area contributed by atoms with Crippen LogP contribution < -0.4 is 4.74 Å². The molecular weight excluding hydrogens is 323 g/mol. The summed E-state index contributed by atoms with van der Waals surface area (Å²) in [6.45, 7) is 0.607. The highest BCUT2D eigenvalue weighted by atomic mass is 32.2. The third kappa shape index (κ3) is 3.06. The zero-order chi connectivity index (χ0) is 16.4. The summed E-state index contributed by atoms with van der Waals surface area (Å²) < 4.78 is 47.4. The van der Waals surface area contributed by atoms with Crippen molar-refractivity contribution in [1.29, 1.82) is 0 Å². The molecule has 0 N–H and O–H groups in total. The van der Waals surface area contributed by atoms with Crippen molar-refractivity contribution >= 4 is 10.0 Å². The molecule has 1 aliphatic rings. The van der Waals surface area contributed by atoms with Gasteiger partial charge in [-0.05, 0) is 25.0 Å². The second-order valence-corrected chi connectivity index (χ2v) is 7.24. The zero-order valence-corrected chi connectivity index (χ0v) is 13.4. The van der Waals surface area contributed by atoms with E-state index in [2.05, 4.69) is 10.3 Å². The fraction of sp³-hybridized carbons (Fsp3) is 0.429. The van der Waals surface area contributed by atoms with Crippen LogP contribution in [-0.2, 0) is 10.0 Å². The van der Waals surface area contributed by atoms with Crippen LogP contribution in [0.25, 0.3) is 0 Å². The molecule has 23 heavy (non-hydrogen) atoms. The second kappa shape index (κ2) is 6.25. The summed E-state index contributed by atoms with van der Waals surface area (Å²) in [5.41, 5.74) is 0. The minimum Gasteiger partial charge on any atom is -0.497 e. The maximum atomic E-state index is 14.1. The van der Waals surface area contributed by atoms with Crippen molar-refractivity contribution in [3.8, 4) is 5.75 Å². The standard InChI is InChI=1S/C14H17FN4O3S/c1-22-12-4-5-14(13(15)9-12)23(20,21)18-7-2-3-11(10-18)19-8-6-16-17-19/h4-6,8-9,11H,2-3,7,10H2,1H3. The first-order chi connectivity index (χ1) is 11.0. The van der Waals surface area contributed by atoms with Crippen LogP contribution >= 0.6 is 0 Å². The highest BCUT2D eigenvalue weighted by Crippen LogP contribution is 2.28. The number of benzene rings is 1. The lowest BCUT2D eigenvalue weighted by atomic mass is 10.1. The Kier molecular flexibility index (Phi) is 4.31. The molecular formula is C14H17FN4O3S. The Morgan fingerprint density at radius 1 is 1.39 bits per heavy atom. The number of rotatable bonds is 4. The molecule has 0 aliphatic carbocycles. The van der Waals surface area contributed by atoms with Gasteiger partial charge in [-0.1, -0.05) is 5.21 Å². The van der Waals surface area contributed by atoms with Crippen molar-refractivity contribution in [3.63, 3.8) is 0 Å². The molecule has 3 rings (SSSR count). The monoisotopic (exact) mass is 340 g/mol. The summed E-state index contributed by atoms with van der Waals surface area (Å²) in [6.07, 6.45) is 4.74. The Bertz CT molecular complexity index is 779. The van der Waals surface area contributed by atoms with Gasteiger partial charge in [0, 0.05) is 25.4 Å². The molecule has 1 atom stereocenters. The highest BCUT2D eigenvalue weighted by molar-refractivity contribution is 7.89. The molecule has 0 bridgehead atoms. The van der Waals surface area contributed by atoms with Gasteiger partial charge in [0.2, 0.25) is 10.0 Å². The van der Waals surface area contributed by atoms with Crippen molar-refractivity contribution in [2.24, 2.45) is 0 Å². The molecule has 1 aromatic heterocycles. The third-order valence-corrected chi connectivity index (χ3v) is 5.83. The number of nitrogens with zero attached hydrogens (tertiary/aromatic N) is 4. The molecule has 7 nitrogen and oxygen atoms in total. The van der Waals surface area contributed by atoms with Gasteiger partial charge >= 0.3 is 0 Å². The molecule has 0 saturated carbocycles. The molecule has 1 aromatic carbocycles. The van der Waals surface area contributed by atoms with Crippen molar-refractivity contribution in [2.75, 3.05) is 20.2 Å². The molecule has 9 heteroatoms. The van der Waals surface area contributed by atoms with Crippen LogP contribution in [0.3, 0.4) is 0 Å². The van der Waals surface area contributed by atoms with Crippen LogP contribution in [0.2, 0.25) is 0 Å². The Hall–Kier alpha value is -2.00. The first-order valence-corrected chi connectivity index (χ1v) is 8.66. The summed E-state index contributed by atoms with van der Waals surface area (Å²) in [4.78, 5) is -0.336.